The molecule has 0 atom stereocenters. The molecule has 0 aliphatic heterocycles. The van der Waals surface area contributed by atoms with Crippen molar-refractivity contribution in [3.63, 3.8) is 0 Å². The summed E-state index contributed by atoms with van der Waals surface area (Å²) in [5, 5.41) is 5.71. The average Bonchev–Trinajstić information content (AvgIpc) is 2.75. The summed E-state index contributed by atoms with van der Waals surface area (Å²) in [5.74, 6) is 0.687. The van der Waals surface area contributed by atoms with Gasteiger partial charge in [-0.1, -0.05) is 44.2 Å². The van der Waals surface area contributed by atoms with Crippen LogP contribution in [0.15, 0.2) is 72.8 Å². The fraction of sp³-hybridized carbons (Fsp3) is 0.200. The van der Waals surface area contributed by atoms with Gasteiger partial charge in [-0.25, -0.2) is 0 Å². The Bertz CT molecular complexity index is 1010. The minimum absolute atomic E-state index is 0.0768. The lowest BCUT2D eigenvalue weighted by molar-refractivity contribution is -0.118. The Hall–Kier alpha value is -3.60. The number of ether oxygens (including phenoxy) is 1. The van der Waals surface area contributed by atoms with Gasteiger partial charge >= 0.3 is 0 Å². The SMILES string of the molecule is Cc1cc(NC(=O)COc2ccc(C(C)C)cc2)ccc1NC(=O)c1ccccc1. The molecule has 0 bridgehead atoms. The van der Waals surface area contributed by atoms with Crippen LogP contribution in [0.4, 0.5) is 11.4 Å². The number of amides is 2. The number of carbonyl (C=O) groups excluding carboxylic acids is 2. The first-order valence-corrected chi connectivity index (χ1v) is 9.92. The van der Waals surface area contributed by atoms with Gasteiger partial charge in [0.15, 0.2) is 6.61 Å². The van der Waals surface area contributed by atoms with Crippen LogP contribution in [-0.2, 0) is 4.79 Å². The first-order valence-electron chi connectivity index (χ1n) is 9.92. The topological polar surface area (TPSA) is 67.4 Å². The van der Waals surface area contributed by atoms with Crippen LogP contribution < -0.4 is 15.4 Å². The molecule has 0 unspecified atom stereocenters. The van der Waals surface area contributed by atoms with E-state index in [9.17, 15) is 9.59 Å². The van der Waals surface area contributed by atoms with Crippen molar-refractivity contribution in [2.45, 2.75) is 26.7 Å². The van der Waals surface area contributed by atoms with Crippen molar-refractivity contribution >= 4 is 23.2 Å². The van der Waals surface area contributed by atoms with E-state index >= 15 is 0 Å². The Morgan fingerprint density at radius 2 is 1.60 bits per heavy atom. The van der Waals surface area contributed by atoms with Gasteiger partial charge in [0.05, 0.1) is 0 Å². The van der Waals surface area contributed by atoms with Gasteiger partial charge in [-0.2, -0.15) is 0 Å². The quantitative estimate of drug-likeness (QED) is 0.557. The van der Waals surface area contributed by atoms with E-state index in [4.69, 9.17) is 4.74 Å². The predicted octanol–water partition coefficient (Wildman–Crippen LogP) is 5.39. The second-order valence-corrected chi connectivity index (χ2v) is 7.41. The van der Waals surface area contributed by atoms with Gasteiger partial charge in [-0.3, -0.25) is 9.59 Å². The molecule has 0 aromatic heterocycles. The van der Waals surface area contributed by atoms with Crippen LogP contribution in [0.1, 0.15) is 41.3 Å². The highest BCUT2D eigenvalue weighted by atomic mass is 16.5. The Morgan fingerprint density at radius 1 is 0.900 bits per heavy atom. The Balaban J connectivity index is 1.54. The molecule has 0 saturated carbocycles. The fourth-order valence-electron chi connectivity index (χ4n) is 2.96. The molecule has 5 nitrogen and oxygen atoms in total. The molecule has 0 spiro atoms. The van der Waals surface area contributed by atoms with Crippen LogP contribution >= 0.6 is 0 Å². The zero-order chi connectivity index (χ0) is 21.5. The van der Waals surface area contributed by atoms with E-state index in [1.807, 2.05) is 55.5 Å². The molecule has 3 aromatic carbocycles. The summed E-state index contributed by atoms with van der Waals surface area (Å²) in [6, 6.07) is 22.1. The van der Waals surface area contributed by atoms with Gasteiger partial charge in [0.1, 0.15) is 5.75 Å². The summed E-state index contributed by atoms with van der Waals surface area (Å²) < 4.78 is 5.56. The van der Waals surface area contributed by atoms with Gasteiger partial charge in [-0.05, 0) is 66.4 Å². The van der Waals surface area contributed by atoms with Crippen molar-refractivity contribution in [3.05, 3.63) is 89.5 Å². The number of nitrogens with one attached hydrogen (secondary N) is 2. The van der Waals surface area contributed by atoms with Crippen LogP contribution in [0, 0.1) is 6.92 Å². The highest BCUT2D eigenvalue weighted by Gasteiger charge is 2.09. The zero-order valence-corrected chi connectivity index (χ0v) is 17.4. The van der Waals surface area contributed by atoms with Gasteiger partial charge in [0.25, 0.3) is 11.8 Å². The molecule has 3 aromatic rings. The van der Waals surface area contributed by atoms with E-state index in [0.29, 0.717) is 28.6 Å². The third kappa shape index (κ3) is 5.70. The molecule has 0 fully saturated rings. The van der Waals surface area contributed by atoms with Crippen molar-refractivity contribution in [1.29, 1.82) is 0 Å². The first kappa shape index (κ1) is 21.1. The Labute approximate surface area is 177 Å². The van der Waals surface area contributed by atoms with Crippen LogP contribution in [0.5, 0.6) is 5.75 Å². The maximum absolute atomic E-state index is 12.3. The van der Waals surface area contributed by atoms with Crippen LogP contribution in [0.25, 0.3) is 0 Å². The average molecular weight is 402 g/mol. The van der Waals surface area contributed by atoms with E-state index in [1.54, 1.807) is 24.3 Å². The number of hydrogen-bond donors (Lipinski definition) is 2. The summed E-state index contributed by atoms with van der Waals surface area (Å²) in [6.45, 7) is 6.06. The lowest BCUT2D eigenvalue weighted by Crippen LogP contribution is -2.20. The fourth-order valence-corrected chi connectivity index (χ4v) is 2.96. The summed E-state index contributed by atoms with van der Waals surface area (Å²) in [4.78, 5) is 24.5. The van der Waals surface area contributed by atoms with Gasteiger partial charge in [0, 0.05) is 16.9 Å². The minimum atomic E-state index is -0.247. The molecule has 2 N–H and O–H groups in total. The van der Waals surface area contributed by atoms with E-state index < -0.39 is 0 Å². The minimum Gasteiger partial charge on any atom is -0.484 e. The highest BCUT2D eigenvalue weighted by Crippen LogP contribution is 2.21. The van der Waals surface area contributed by atoms with Gasteiger partial charge in [-0.15, -0.1) is 0 Å². The van der Waals surface area contributed by atoms with E-state index in [1.165, 1.54) is 5.56 Å². The zero-order valence-electron chi connectivity index (χ0n) is 17.4. The number of hydrogen-bond acceptors (Lipinski definition) is 3. The molecule has 3 rings (SSSR count). The summed E-state index contributed by atoms with van der Waals surface area (Å²) in [5.41, 5.74) is 4.01. The molecule has 2 amide bonds. The highest BCUT2D eigenvalue weighted by molar-refractivity contribution is 6.04. The monoisotopic (exact) mass is 402 g/mol. The largest absolute Gasteiger partial charge is 0.484 e. The van der Waals surface area contributed by atoms with Crippen molar-refractivity contribution < 1.29 is 14.3 Å². The van der Waals surface area contributed by atoms with Crippen LogP contribution in [0.2, 0.25) is 0 Å². The third-order valence-corrected chi connectivity index (χ3v) is 4.71. The number of benzene rings is 3. The molecule has 0 saturated heterocycles. The third-order valence-electron chi connectivity index (χ3n) is 4.71. The van der Waals surface area contributed by atoms with Gasteiger partial charge in [0.2, 0.25) is 0 Å². The maximum atomic E-state index is 12.3. The Morgan fingerprint density at radius 3 is 2.23 bits per heavy atom. The van der Waals surface area contributed by atoms with Crippen molar-refractivity contribution in [2.24, 2.45) is 0 Å². The second-order valence-electron chi connectivity index (χ2n) is 7.41. The summed E-state index contributed by atoms with van der Waals surface area (Å²) >= 11 is 0. The molecule has 0 aliphatic carbocycles. The smallest absolute Gasteiger partial charge is 0.262 e. The maximum Gasteiger partial charge on any atom is 0.262 e. The molecule has 5 heteroatoms. The summed E-state index contributed by atoms with van der Waals surface area (Å²) in [6.07, 6.45) is 0. The van der Waals surface area contributed by atoms with Gasteiger partial charge < -0.3 is 15.4 Å². The lowest BCUT2D eigenvalue weighted by atomic mass is 10.0. The standard InChI is InChI=1S/C25H26N2O3/c1-17(2)19-9-12-22(13-10-19)30-16-24(28)26-21-11-14-23(18(3)15-21)27-25(29)20-7-5-4-6-8-20/h4-15,17H,16H2,1-3H3,(H,26,28)(H,27,29). The molecule has 0 aliphatic rings. The van der Waals surface area contributed by atoms with Crippen LogP contribution in [-0.4, -0.2) is 18.4 Å². The van der Waals surface area contributed by atoms with Crippen LogP contribution in [0.3, 0.4) is 0 Å². The van der Waals surface area contributed by atoms with Crippen molar-refractivity contribution in [2.75, 3.05) is 17.2 Å². The molecular weight excluding hydrogens is 376 g/mol. The number of carbonyl (C=O) groups is 2. The molecule has 0 radical (unpaired) electrons. The molecule has 154 valence electrons. The lowest BCUT2D eigenvalue weighted by Gasteiger charge is -2.12. The molecule has 0 heterocycles. The van der Waals surface area contributed by atoms with E-state index in [0.717, 1.165) is 5.56 Å². The summed E-state index contributed by atoms with van der Waals surface area (Å²) in [7, 11) is 0. The van der Waals surface area contributed by atoms with E-state index in [-0.39, 0.29) is 18.4 Å². The normalized spacial score (nSPS) is 10.5. The number of rotatable bonds is 7. The first-order chi connectivity index (χ1) is 14.4. The number of anilines is 2. The second kappa shape index (κ2) is 9.74. The van der Waals surface area contributed by atoms with E-state index in [2.05, 4.69) is 24.5 Å². The molecular formula is C25H26N2O3. The Kier molecular flexibility index (Phi) is 6.86. The van der Waals surface area contributed by atoms with Crippen molar-refractivity contribution in [1.82, 2.24) is 0 Å². The number of aryl methyl sites for hydroxylation is 1. The molecule has 30 heavy (non-hydrogen) atoms. The predicted molar refractivity (Wildman–Crippen MR) is 120 cm³/mol. The van der Waals surface area contributed by atoms with Crippen molar-refractivity contribution in [3.8, 4) is 5.75 Å².